The molecule has 3 aromatic carbocycles. The Hall–Kier alpha value is -3.40. The average Bonchev–Trinajstić information content (AvgIpc) is 3.03. The largest absolute Gasteiger partial charge is 0.488 e. The van der Waals surface area contributed by atoms with Gasteiger partial charge in [0.25, 0.3) is 0 Å². The summed E-state index contributed by atoms with van der Waals surface area (Å²) in [5, 5.41) is 3.27. The van der Waals surface area contributed by atoms with E-state index in [2.05, 4.69) is 29.1 Å². The maximum absolute atomic E-state index is 12.6. The molecule has 9 heteroatoms. The number of rotatable bonds is 22. The lowest BCUT2D eigenvalue weighted by molar-refractivity contribution is -0.154. The monoisotopic (exact) mass is 712 g/mol. The molecule has 3 rings (SSSR count). The standard InChI is InChI=1S/C38H49BrO8/c1-7-9-15-35(40)46-29(22-42-20-26(3)4)24-44-37-31-13-11-12-14-32(31)38(34-19-28(39)17-18-33(34)37)45-25-30(23-43-21-27(5)6)47-36(41)16-10-8-2/h11-14,17-19,29-30H,3,5,7-10,15-16,20-25H2,1-2,4,6H3. The van der Waals surface area contributed by atoms with Gasteiger partial charge in [0, 0.05) is 38.9 Å². The van der Waals surface area contributed by atoms with Crippen LogP contribution < -0.4 is 9.47 Å². The Bertz CT molecular complexity index is 1500. The lowest BCUT2D eigenvalue weighted by Gasteiger charge is -2.23. The van der Waals surface area contributed by atoms with Gasteiger partial charge in [0.05, 0.1) is 26.4 Å². The lowest BCUT2D eigenvalue weighted by atomic mass is 10.0. The topological polar surface area (TPSA) is 89.5 Å². The van der Waals surface area contributed by atoms with Crippen molar-refractivity contribution in [3.63, 3.8) is 0 Å². The molecule has 0 amide bonds. The number of hydrogen-bond donors (Lipinski definition) is 0. The highest BCUT2D eigenvalue weighted by Crippen LogP contribution is 2.44. The Balaban J connectivity index is 1.94. The summed E-state index contributed by atoms with van der Waals surface area (Å²) in [6.07, 6.45) is 2.75. The van der Waals surface area contributed by atoms with Gasteiger partial charge in [0.15, 0.2) is 12.2 Å². The van der Waals surface area contributed by atoms with Crippen LogP contribution in [0.1, 0.15) is 66.2 Å². The fourth-order valence-electron chi connectivity index (χ4n) is 4.83. The molecule has 0 fully saturated rings. The summed E-state index contributed by atoms with van der Waals surface area (Å²) < 4.78 is 37.0. The lowest BCUT2D eigenvalue weighted by Crippen LogP contribution is -2.30. The summed E-state index contributed by atoms with van der Waals surface area (Å²) >= 11 is 3.61. The van der Waals surface area contributed by atoms with E-state index >= 15 is 0 Å². The van der Waals surface area contributed by atoms with E-state index < -0.39 is 12.2 Å². The number of esters is 2. The Labute approximate surface area is 287 Å². The highest BCUT2D eigenvalue weighted by Gasteiger charge is 2.22. The Morgan fingerprint density at radius 3 is 1.57 bits per heavy atom. The molecule has 3 aromatic rings. The quantitative estimate of drug-likeness (QED) is 0.0580. The summed E-state index contributed by atoms with van der Waals surface area (Å²) in [6.45, 7) is 16.9. The Morgan fingerprint density at radius 1 is 0.681 bits per heavy atom. The SMILES string of the molecule is C=C(C)COCC(COc1c2ccccc2c(OCC(COCC(=C)C)OC(=O)CCCC)c2cc(Br)ccc12)OC(=O)CCCC. The number of ether oxygens (including phenoxy) is 6. The number of halogens is 1. The van der Waals surface area contributed by atoms with Crippen LogP contribution in [0.25, 0.3) is 21.5 Å². The van der Waals surface area contributed by atoms with Crippen molar-refractivity contribution in [3.05, 3.63) is 71.2 Å². The van der Waals surface area contributed by atoms with Gasteiger partial charge in [-0.2, -0.15) is 0 Å². The third kappa shape index (κ3) is 12.6. The number of carbonyl (C=O) groups excluding carboxylic acids is 2. The Morgan fingerprint density at radius 2 is 1.13 bits per heavy atom. The molecule has 47 heavy (non-hydrogen) atoms. The minimum atomic E-state index is -0.613. The van der Waals surface area contributed by atoms with E-state index in [1.54, 1.807) is 0 Å². The van der Waals surface area contributed by atoms with Gasteiger partial charge in [0.2, 0.25) is 0 Å². The Kier molecular flexibility index (Phi) is 16.3. The van der Waals surface area contributed by atoms with Gasteiger partial charge >= 0.3 is 11.9 Å². The van der Waals surface area contributed by atoms with Gasteiger partial charge in [-0.15, -0.1) is 0 Å². The van der Waals surface area contributed by atoms with Crippen molar-refractivity contribution >= 4 is 49.4 Å². The van der Waals surface area contributed by atoms with Gasteiger partial charge < -0.3 is 28.4 Å². The predicted molar refractivity (Wildman–Crippen MR) is 190 cm³/mol. The second-order valence-electron chi connectivity index (χ2n) is 11.9. The minimum Gasteiger partial charge on any atom is -0.488 e. The molecular formula is C38H49BrO8. The van der Waals surface area contributed by atoms with Gasteiger partial charge in [0.1, 0.15) is 24.7 Å². The summed E-state index contributed by atoms with van der Waals surface area (Å²) in [4.78, 5) is 25.1. The van der Waals surface area contributed by atoms with E-state index in [1.165, 1.54) is 0 Å². The molecule has 0 N–H and O–H groups in total. The zero-order valence-corrected chi connectivity index (χ0v) is 29.8. The van der Waals surface area contributed by atoms with Gasteiger partial charge in [-0.05, 0) is 44.9 Å². The molecule has 0 aliphatic carbocycles. The van der Waals surface area contributed by atoms with Crippen LogP contribution in [-0.2, 0) is 28.5 Å². The van der Waals surface area contributed by atoms with E-state index in [0.29, 0.717) is 37.6 Å². The highest BCUT2D eigenvalue weighted by molar-refractivity contribution is 9.10. The molecule has 0 heterocycles. The van der Waals surface area contributed by atoms with Crippen molar-refractivity contribution in [1.29, 1.82) is 0 Å². The van der Waals surface area contributed by atoms with Gasteiger partial charge in [-0.25, -0.2) is 0 Å². The van der Waals surface area contributed by atoms with E-state index in [9.17, 15) is 9.59 Å². The van der Waals surface area contributed by atoms with E-state index in [0.717, 1.165) is 62.8 Å². The van der Waals surface area contributed by atoms with Gasteiger partial charge in [-0.1, -0.05) is 91.2 Å². The van der Waals surface area contributed by atoms with Crippen molar-refractivity contribution in [3.8, 4) is 11.5 Å². The molecule has 0 aliphatic heterocycles. The first kappa shape index (κ1) is 38.1. The third-order valence-corrected chi connectivity index (χ3v) is 7.58. The predicted octanol–water partition coefficient (Wildman–Crippen LogP) is 8.90. The first-order chi connectivity index (χ1) is 22.6. The summed E-state index contributed by atoms with van der Waals surface area (Å²) in [6, 6.07) is 13.7. The van der Waals surface area contributed by atoms with Crippen molar-refractivity contribution < 1.29 is 38.0 Å². The molecule has 8 nitrogen and oxygen atoms in total. The van der Waals surface area contributed by atoms with Crippen molar-refractivity contribution in [2.75, 3.05) is 39.6 Å². The zero-order chi connectivity index (χ0) is 34.2. The maximum atomic E-state index is 12.6. The fraction of sp³-hybridized carbons (Fsp3) is 0.474. The number of benzene rings is 3. The number of fused-ring (bicyclic) bond motifs is 2. The average molecular weight is 714 g/mol. The van der Waals surface area contributed by atoms with Crippen LogP contribution in [0.4, 0.5) is 0 Å². The van der Waals surface area contributed by atoms with Crippen LogP contribution in [0.3, 0.4) is 0 Å². The van der Waals surface area contributed by atoms with Crippen LogP contribution in [0.5, 0.6) is 11.5 Å². The van der Waals surface area contributed by atoms with Crippen LogP contribution in [-0.4, -0.2) is 63.8 Å². The molecule has 0 bridgehead atoms. The summed E-state index contributed by atoms with van der Waals surface area (Å²) in [7, 11) is 0. The second kappa shape index (κ2) is 20.1. The zero-order valence-electron chi connectivity index (χ0n) is 28.2. The third-order valence-electron chi connectivity index (χ3n) is 7.08. The van der Waals surface area contributed by atoms with E-state index in [-0.39, 0.29) is 38.4 Å². The second-order valence-corrected chi connectivity index (χ2v) is 12.8. The number of hydrogen-bond acceptors (Lipinski definition) is 8. The molecule has 2 unspecified atom stereocenters. The molecule has 256 valence electrons. The highest BCUT2D eigenvalue weighted by atomic mass is 79.9. The van der Waals surface area contributed by atoms with Crippen molar-refractivity contribution in [1.82, 2.24) is 0 Å². The first-order valence-corrected chi connectivity index (χ1v) is 17.1. The number of carbonyl (C=O) groups is 2. The molecule has 2 atom stereocenters. The van der Waals surface area contributed by atoms with Crippen molar-refractivity contribution in [2.24, 2.45) is 0 Å². The number of unbranched alkanes of at least 4 members (excludes halogenated alkanes) is 2. The fourth-order valence-corrected chi connectivity index (χ4v) is 5.19. The molecule has 0 aliphatic rings. The van der Waals surface area contributed by atoms with Crippen LogP contribution >= 0.6 is 15.9 Å². The van der Waals surface area contributed by atoms with E-state index in [1.807, 2.05) is 70.2 Å². The molecule has 0 radical (unpaired) electrons. The normalized spacial score (nSPS) is 12.4. The minimum absolute atomic E-state index is 0.0930. The molecular weight excluding hydrogens is 664 g/mol. The molecule has 0 aromatic heterocycles. The summed E-state index contributed by atoms with van der Waals surface area (Å²) in [5.74, 6) is 0.708. The van der Waals surface area contributed by atoms with Gasteiger partial charge in [-0.3, -0.25) is 9.59 Å². The maximum Gasteiger partial charge on any atom is 0.306 e. The molecule has 0 spiro atoms. The van der Waals surface area contributed by atoms with Crippen LogP contribution in [0.2, 0.25) is 0 Å². The summed E-state index contributed by atoms with van der Waals surface area (Å²) in [5.41, 5.74) is 1.75. The first-order valence-electron chi connectivity index (χ1n) is 16.4. The molecule has 0 saturated heterocycles. The van der Waals surface area contributed by atoms with E-state index in [4.69, 9.17) is 28.4 Å². The van der Waals surface area contributed by atoms with Crippen LogP contribution in [0, 0.1) is 0 Å². The smallest absolute Gasteiger partial charge is 0.306 e. The van der Waals surface area contributed by atoms with Crippen molar-refractivity contribution in [2.45, 2.75) is 78.4 Å². The molecule has 0 saturated carbocycles. The van der Waals surface area contributed by atoms with Crippen LogP contribution in [0.15, 0.2) is 71.2 Å².